The third kappa shape index (κ3) is 3.76. The molecule has 12 rings (SSSR count). The van der Waals surface area contributed by atoms with E-state index in [0.717, 1.165) is 11.0 Å². The third-order valence-electron chi connectivity index (χ3n) is 11.1. The Bertz CT molecular complexity index is 3480. The van der Waals surface area contributed by atoms with E-state index in [1.54, 1.807) is 0 Å². The van der Waals surface area contributed by atoms with Crippen molar-refractivity contribution in [1.82, 2.24) is 8.80 Å². The van der Waals surface area contributed by atoms with Gasteiger partial charge in [0.25, 0.3) is 0 Å². The van der Waals surface area contributed by atoms with Gasteiger partial charge in [0.2, 0.25) is 0 Å². The first-order valence-corrected chi connectivity index (χ1v) is 18.3. The quantitative estimate of drug-likeness (QED) is 0.165. The van der Waals surface area contributed by atoms with E-state index in [0.29, 0.717) is 0 Å². The molecular weight excluding hydrogens is 637 g/mol. The van der Waals surface area contributed by atoms with Crippen molar-refractivity contribution in [2.24, 2.45) is 0 Å². The highest BCUT2D eigenvalue weighted by molar-refractivity contribution is 7.26. The summed E-state index contributed by atoms with van der Waals surface area (Å²) in [7, 11) is 0. The van der Waals surface area contributed by atoms with E-state index in [-0.39, 0.29) is 0 Å². The van der Waals surface area contributed by atoms with Crippen molar-refractivity contribution in [2.45, 2.75) is 0 Å². The first-order valence-electron chi connectivity index (χ1n) is 17.5. The maximum Gasteiger partial charge on any atom is 0.0547 e. The van der Waals surface area contributed by atoms with Crippen LogP contribution in [0, 0.1) is 0 Å². The minimum atomic E-state index is 1.15. The molecule has 236 valence electrons. The monoisotopic (exact) mass is 664 g/mol. The average Bonchev–Trinajstić information content (AvgIpc) is 3.84. The Balaban J connectivity index is 1.30. The lowest BCUT2D eigenvalue weighted by atomic mass is 10.0. The van der Waals surface area contributed by atoms with Crippen LogP contribution >= 0.6 is 11.3 Å². The number of para-hydroxylation sites is 1. The predicted octanol–water partition coefficient (Wildman–Crippen LogP) is 13.7. The minimum absolute atomic E-state index is 1.15. The molecule has 0 atom stereocenters. The largest absolute Gasteiger partial charge is 0.309 e. The molecule has 0 fully saturated rings. The van der Waals surface area contributed by atoms with Gasteiger partial charge in [-0.1, -0.05) is 121 Å². The number of thiophene rings is 1. The molecule has 0 unspecified atom stereocenters. The predicted molar refractivity (Wildman–Crippen MR) is 221 cm³/mol. The zero-order chi connectivity index (χ0) is 33.2. The van der Waals surface area contributed by atoms with Crippen molar-refractivity contribution in [3.8, 4) is 11.1 Å². The van der Waals surface area contributed by atoms with Crippen molar-refractivity contribution in [3.05, 3.63) is 170 Å². The molecule has 8 aromatic carbocycles. The van der Waals surface area contributed by atoms with E-state index in [1.165, 1.54) is 96.5 Å². The van der Waals surface area contributed by atoms with Crippen LogP contribution in [0.1, 0.15) is 0 Å². The summed E-state index contributed by atoms with van der Waals surface area (Å²) in [6.07, 6.45) is 0. The summed E-state index contributed by atoms with van der Waals surface area (Å²) in [4.78, 5) is 0. The number of rotatable bonds is 1. The second kappa shape index (κ2) is 10.1. The van der Waals surface area contributed by atoms with Gasteiger partial charge >= 0.3 is 0 Å². The number of nitrogens with zero attached hydrogens (tertiary/aromatic N) is 2. The molecule has 0 radical (unpaired) electrons. The molecule has 4 heterocycles. The van der Waals surface area contributed by atoms with Gasteiger partial charge in [-0.15, -0.1) is 11.3 Å². The highest BCUT2D eigenvalue weighted by Crippen LogP contribution is 2.42. The second-order valence-electron chi connectivity index (χ2n) is 13.7. The summed E-state index contributed by atoms with van der Waals surface area (Å²) < 4.78 is 7.61. The van der Waals surface area contributed by atoms with Crippen LogP contribution in [0.15, 0.2) is 170 Å². The molecular formula is C48H28N2S. The van der Waals surface area contributed by atoms with E-state index in [2.05, 4.69) is 179 Å². The van der Waals surface area contributed by atoms with Gasteiger partial charge in [-0.3, -0.25) is 0 Å². The van der Waals surface area contributed by atoms with Crippen LogP contribution in [-0.2, 0) is 0 Å². The Hall–Kier alpha value is -6.42. The summed E-state index contributed by atoms with van der Waals surface area (Å²) in [5, 5.41) is 12.6. The summed E-state index contributed by atoms with van der Waals surface area (Å²) in [6.45, 7) is 0. The normalized spacial score (nSPS) is 12.3. The van der Waals surface area contributed by atoms with Crippen molar-refractivity contribution in [3.63, 3.8) is 0 Å². The van der Waals surface area contributed by atoms with E-state index >= 15 is 0 Å². The van der Waals surface area contributed by atoms with Crippen LogP contribution < -0.4 is 0 Å². The van der Waals surface area contributed by atoms with Crippen LogP contribution in [0.4, 0.5) is 0 Å². The molecule has 0 aliphatic rings. The fraction of sp³-hybridized carbons (Fsp3) is 0. The Morgan fingerprint density at radius 1 is 0.333 bits per heavy atom. The van der Waals surface area contributed by atoms with E-state index in [9.17, 15) is 0 Å². The molecule has 4 aromatic heterocycles. The third-order valence-corrected chi connectivity index (χ3v) is 12.3. The van der Waals surface area contributed by atoms with Gasteiger partial charge in [0, 0.05) is 52.8 Å². The highest BCUT2D eigenvalue weighted by atomic mass is 32.1. The Labute approximate surface area is 296 Å². The summed E-state index contributed by atoms with van der Waals surface area (Å²) in [5.41, 5.74) is 9.66. The smallest absolute Gasteiger partial charge is 0.0547 e. The lowest BCUT2D eigenvalue weighted by Gasteiger charge is -2.06. The molecule has 0 amide bonds. The number of aromatic nitrogens is 2. The summed E-state index contributed by atoms with van der Waals surface area (Å²) in [5.74, 6) is 0. The number of hydrogen-bond donors (Lipinski definition) is 0. The fourth-order valence-electron chi connectivity index (χ4n) is 8.78. The molecule has 0 aliphatic heterocycles. The van der Waals surface area contributed by atoms with Gasteiger partial charge in [0.15, 0.2) is 0 Å². The molecule has 3 heteroatoms. The topological polar surface area (TPSA) is 8.82 Å². The second-order valence-corrected chi connectivity index (χ2v) is 14.8. The van der Waals surface area contributed by atoms with Gasteiger partial charge in [-0.05, 0) is 81.2 Å². The van der Waals surface area contributed by atoms with Gasteiger partial charge in [0.1, 0.15) is 0 Å². The molecule has 6 bridgehead atoms. The van der Waals surface area contributed by atoms with Crippen LogP contribution in [-0.4, -0.2) is 8.80 Å². The number of fused-ring (bicyclic) bond motifs is 18. The van der Waals surface area contributed by atoms with Gasteiger partial charge in [0.05, 0.1) is 22.1 Å². The van der Waals surface area contributed by atoms with E-state index in [1.807, 2.05) is 11.3 Å². The lowest BCUT2D eigenvalue weighted by molar-refractivity contribution is 1.31. The van der Waals surface area contributed by atoms with Gasteiger partial charge in [-0.2, -0.15) is 0 Å². The molecule has 0 saturated heterocycles. The van der Waals surface area contributed by atoms with E-state index < -0.39 is 0 Å². The Morgan fingerprint density at radius 2 is 0.863 bits per heavy atom. The molecule has 2 nitrogen and oxygen atoms in total. The number of hydrogen-bond acceptors (Lipinski definition) is 1. The highest BCUT2D eigenvalue weighted by Gasteiger charge is 2.16. The molecule has 0 spiro atoms. The molecule has 51 heavy (non-hydrogen) atoms. The van der Waals surface area contributed by atoms with Crippen molar-refractivity contribution >= 4 is 108 Å². The van der Waals surface area contributed by atoms with Crippen LogP contribution in [0.25, 0.3) is 107 Å². The van der Waals surface area contributed by atoms with Crippen LogP contribution in [0.2, 0.25) is 0 Å². The SMILES string of the molecule is c1ccc2c(c1)sc1c(-c3ccc4c5ccc6cc5n(c5cccc(c5)n5c7ccccc7c7ccc(cc75)c5ccccc65)c4c3)cccc12. The minimum Gasteiger partial charge on any atom is -0.309 e. The zero-order valence-electron chi connectivity index (χ0n) is 27.5. The number of benzene rings is 8. The van der Waals surface area contributed by atoms with E-state index in [4.69, 9.17) is 0 Å². The first-order chi connectivity index (χ1) is 25.3. The lowest BCUT2D eigenvalue weighted by Crippen LogP contribution is -1.88. The van der Waals surface area contributed by atoms with Crippen molar-refractivity contribution < 1.29 is 0 Å². The maximum absolute atomic E-state index is 2.49. The fourth-order valence-corrected chi connectivity index (χ4v) is 10.0. The Morgan fingerprint density at radius 3 is 1.59 bits per heavy atom. The van der Waals surface area contributed by atoms with Gasteiger partial charge in [-0.25, -0.2) is 0 Å². The molecule has 0 N–H and O–H groups in total. The Kier molecular flexibility index (Phi) is 5.41. The maximum atomic E-state index is 2.49. The first kappa shape index (κ1) is 27.4. The van der Waals surface area contributed by atoms with Crippen molar-refractivity contribution in [2.75, 3.05) is 0 Å². The molecule has 12 aromatic rings. The standard InChI is InChI=1S/C48H28N2S/c1-2-12-35-30-20-23-39-40-24-21-31(36-15-8-16-42-41-14-4-6-18-47(41)51-48(36)42)27-46(40)50(45(39)26-30)33-10-7-9-32(28-33)49-43-17-5-3-13-37(43)38-22-19-29(25-44(38)49)34(35)11-1/h1-28H. The van der Waals surface area contributed by atoms with Gasteiger partial charge < -0.3 is 8.80 Å². The molecule has 0 saturated carbocycles. The summed E-state index contributed by atoms with van der Waals surface area (Å²) >= 11 is 1.89. The van der Waals surface area contributed by atoms with Crippen LogP contribution in [0.5, 0.6) is 0 Å². The van der Waals surface area contributed by atoms with Crippen LogP contribution in [0.3, 0.4) is 0 Å². The van der Waals surface area contributed by atoms with Crippen molar-refractivity contribution in [1.29, 1.82) is 0 Å². The summed E-state index contributed by atoms with van der Waals surface area (Å²) in [6, 6.07) is 63.4. The average molecular weight is 665 g/mol. The molecule has 0 aliphatic carbocycles. The zero-order valence-corrected chi connectivity index (χ0v) is 28.3.